The summed E-state index contributed by atoms with van der Waals surface area (Å²) in [5.41, 5.74) is 5.22. The maximum absolute atomic E-state index is 12.9. The summed E-state index contributed by atoms with van der Waals surface area (Å²) in [7, 11) is 0. The molecule has 0 atom stereocenters. The Morgan fingerprint density at radius 1 is 1.09 bits per heavy atom. The van der Waals surface area contributed by atoms with Crippen LogP contribution in [0.25, 0.3) is 22.4 Å². The number of likely N-dealkylation sites (tertiary alicyclic amines) is 1. The van der Waals surface area contributed by atoms with Crippen LogP contribution in [-0.4, -0.2) is 58.5 Å². The molecule has 0 radical (unpaired) electrons. The molecule has 2 fully saturated rings. The van der Waals surface area contributed by atoms with Gasteiger partial charge in [0.2, 0.25) is 5.91 Å². The average Bonchev–Trinajstić information content (AvgIpc) is 3.28. The van der Waals surface area contributed by atoms with Gasteiger partial charge in [-0.15, -0.1) is 0 Å². The maximum atomic E-state index is 12.9. The number of aromatic amines is 1. The Morgan fingerprint density at radius 2 is 1.79 bits per heavy atom. The molecule has 3 aromatic rings. The number of carboxylic acid groups (broad SMARTS) is 1. The van der Waals surface area contributed by atoms with Crippen molar-refractivity contribution >= 4 is 40.7 Å². The molecule has 1 amide bonds. The Balaban J connectivity index is 0.000000868. The monoisotopic (exact) mass is 482 g/mol. The van der Waals surface area contributed by atoms with Crippen molar-refractivity contribution in [3.8, 4) is 11.4 Å². The number of amides is 1. The number of hydrogen-bond donors (Lipinski definition) is 2. The average molecular weight is 483 g/mol. The number of hydrogen-bond acceptors (Lipinski definition) is 4. The van der Waals surface area contributed by atoms with E-state index in [1.807, 2.05) is 12.1 Å². The van der Waals surface area contributed by atoms with Crippen LogP contribution >= 0.6 is 11.6 Å². The number of imidazole rings is 1. The number of piperidine rings is 2. The lowest BCUT2D eigenvalue weighted by molar-refractivity contribution is -0.137. The minimum Gasteiger partial charge on any atom is -0.483 e. The molecule has 5 rings (SSSR count). The number of carbonyl (C=O) groups is 2. The van der Waals surface area contributed by atoms with Gasteiger partial charge in [0.1, 0.15) is 5.82 Å². The van der Waals surface area contributed by atoms with Crippen molar-refractivity contribution in [1.82, 2.24) is 14.9 Å². The molecule has 0 aliphatic carbocycles. The highest BCUT2D eigenvalue weighted by Crippen LogP contribution is 2.33. The number of aromatic nitrogens is 2. The van der Waals surface area contributed by atoms with Gasteiger partial charge in [-0.2, -0.15) is 0 Å². The second-order valence-electron chi connectivity index (χ2n) is 9.02. The fourth-order valence-corrected chi connectivity index (χ4v) is 5.11. The topological polar surface area (TPSA) is 89.5 Å². The van der Waals surface area contributed by atoms with E-state index >= 15 is 0 Å². The normalized spacial score (nSPS) is 16.8. The Labute approximate surface area is 204 Å². The van der Waals surface area contributed by atoms with Crippen LogP contribution < -0.4 is 4.90 Å². The summed E-state index contributed by atoms with van der Waals surface area (Å²) in [6.07, 6.45) is 5.39. The number of fused-ring (bicyclic) bond motifs is 1. The number of rotatable bonds is 3. The van der Waals surface area contributed by atoms with Gasteiger partial charge in [-0.05, 0) is 74.9 Å². The molecule has 180 valence electrons. The quantitative estimate of drug-likeness (QED) is 0.505. The van der Waals surface area contributed by atoms with Gasteiger partial charge >= 0.3 is 0 Å². The molecule has 0 unspecified atom stereocenters. The molecule has 0 bridgehead atoms. The van der Waals surface area contributed by atoms with Crippen LogP contribution in [0.3, 0.4) is 0 Å². The third-order valence-electron chi connectivity index (χ3n) is 6.72. The Bertz CT molecular complexity index is 1150. The van der Waals surface area contributed by atoms with Crippen LogP contribution in [-0.2, 0) is 9.59 Å². The Hall–Kier alpha value is -3.06. The first-order valence-electron chi connectivity index (χ1n) is 11.9. The molecule has 8 heteroatoms. The van der Waals surface area contributed by atoms with Crippen molar-refractivity contribution < 1.29 is 14.7 Å². The molecular weight excluding hydrogens is 452 g/mol. The lowest BCUT2D eigenvalue weighted by Crippen LogP contribution is -2.44. The van der Waals surface area contributed by atoms with Gasteiger partial charge in [-0.25, -0.2) is 4.98 Å². The summed E-state index contributed by atoms with van der Waals surface area (Å²) < 4.78 is 0. The smallest absolute Gasteiger partial charge is 0.290 e. The molecule has 34 heavy (non-hydrogen) atoms. The highest BCUT2D eigenvalue weighted by molar-refractivity contribution is 6.33. The van der Waals surface area contributed by atoms with Crippen LogP contribution in [0.4, 0.5) is 5.69 Å². The van der Waals surface area contributed by atoms with E-state index in [0.29, 0.717) is 10.9 Å². The number of nitrogens with one attached hydrogen (secondary N) is 1. The van der Waals surface area contributed by atoms with Crippen LogP contribution in [0.1, 0.15) is 37.7 Å². The van der Waals surface area contributed by atoms with Gasteiger partial charge in [0.05, 0.1) is 16.1 Å². The molecule has 1 aromatic heterocycles. The van der Waals surface area contributed by atoms with Crippen molar-refractivity contribution in [2.24, 2.45) is 5.92 Å². The molecule has 3 heterocycles. The minimum absolute atomic E-state index is 0.166. The second kappa shape index (κ2) is 10.9. The summed E-state index contributed by atoms with van der Waals surface area (Å²) in [6, 6.07) is 12.4. The number of H-pyrrole nitrogens is 1. The number of anilines is 1. The van der Waals surface area contributed by atoms with Gasteiger partial charge in [0.15, 0.2) is 0 Å². The Morgan fingerprint density at radius 3 is 2.50 bits per heavy atom. The molecule has 0 spiro atoms. The summed E-state index contributed by atoms with van der Waals surface area (Å²) in [4.78, 5) is 33.9. The van der Waals surface area contributed by atoms with E-state index in [9.17, 15) is 4.79 Å². The van der Waals surface area contributed by atoms with E-state index in [0.717, 1.165) is 80.0 Å². The lowest BCUT2D eigenvalue weighted by Gasteiger charge is -2.36. The van der Waals surface area contributed by atoms with Crippen LogP contribution in [0, 0.1) is 12.8 Å². The van der Waals surface area contributed by atoms with Gasteiger partial charge < -0.3 is 19.9 Å². The molecule has 0 saturated carbocycles. The molecular formula is C26H31ClN4O3. The number of benzene rings is 2. The highest BCUT2D eigenvalue weighted by atomic mass is 35.5. The van der Waals surface area contributed by atoms with Crippen molar-refractivity contribution in [1.29, 1.82) is 0 Å². The predicted molar refractivity (Wildman–Crippen MR) is 135 cm³/mol. The maximum Gasteiger partial charge on any atom is 0.290 e. The number of halogens is 1. The van der Waals surface area contributed by atoms with E-state index in [2.05, 4.69) is 46.0 Å². The summed E-state index contributed by atoms with van der Waals surface area (Å²) in [5.74, 6) is 1.33. The zero-order valence-electron chi connectivity index (χ0n) is 19.5. The van der Waals surface area contributed by atoms with Gasteiger partial charge in [-0.1, -0.05) is 17.7 Å². The zero-order chi connectivity index (χ0) is 24.1. The summed E-state index contributed by atoms with van der Waals surface area (Å²) >= 11 is 6.55. The predicted octanol–water partition coefficient (Wildman–Crippen LogP) is 5.12. The number of aryl methyl sites for hydroxylation is 1. The van der Waals surface area contributed by atoms with Crippen molar-refractivity contribution in [2.75, 3.05) is 31.1 Å². The fourth-order valence-electron chi connectivity index (χ4n) is 4.90. The van der Waals surface area contributed by atoms with Crippen molar-refractivity contribution in [3.63, 3.8) is 0 Å². The third kappa shape index (κ3) is 5.36. The zero-order valence-corrected chi connectivity index (χ0v) is 20.2. The molecule has 2 aliphatic rings. The third-order valence-corrected chi connectivity index (χ3v) is 7.05. The van der Waals surface area contributed by atoms with Crippen LogP contribution in [0.2, 0.25) is 5.02 Å². The number of carbonyl (C=O) groups excluding carboxylic acids is 1. The first kappa shape index (κ1) is 24.1. The molecule has 2 N–H and O–H groups in total. The SMILES string of the molecule is Cc1ccc2nc(-c3cc(N4CCC(C(=O)N5CCCCC5)CC4)ccc3Cl)[nH]c2c1.O=CO. The molecule has 7 nitrogen and oxygen atoms in total. The van der Waals surface area contributed by atoms with E-state index < -0.39 is 0 Å². The van der Waals surface area contributed by atoms with E-state index in [1.165, 1.54) is 12.0 Å². The molecule has 2 saturated heterocycles. The largest absolute Gasteiger partial charge is 0.483 e. The van der Waals surface area contributed by atoms with Gasteiger partial charge in [-0.3, -0.25) is 9.59 Å². The minimum atomic E-state index is -0.250. The van der Waals surface area contributed by atoms with Gasteiger partial charge in [0, 0.05) is 43.3 Å². The van der Waals surface area contributed by atoms with Crippen LogP contribution in [0.15, 0.2) is 36.4 Å². The van der Waals surface area contributed by atoms with E-state index in [-0.39, 0.29) is 12.4 Å². The highest BCUT2D eigenvalue weighted by Gasteiger charge is 2.29. The van der Waals surface area contributed by atoms with Crippen molar-refractivity contribution in [2.45, 2.75) is 39.0 Å². The fraction of sp³-hybridized carbons (Fsp3) is 0.423. The molecule has 2 aliphatic heterocycles. The number of nitrogens with zero attached hydrogens (tertiary/aromatic N) is 3. The summed E-state index contributed by atoms with van der Waals surface area (Å²) in [5, 5.41) is 7.58. The lowest BCUT2D eigenvalue weighted by atomic mass is 9.94. The van der Waals surface area contributed by atoms with E-state index in [1.54, 1.807) is 0 Å². The standard InChI is InChI=1S/C25H29ClN4O.CH2O2/c1-17-5-8-22-23(15-17)28-24(27-22)20-16-19(6-7-21(20)26)29-13-9-18(10-14-29)25(31)30-11-3-2-4-12-30;2-1-3/h5-8,15-16,18H,2-4,9-14H2,1H3,(H,27,28);1H,(H,2,3). The second-order valence-corrected chi connectivity index (χ2v) is 9.43. The first-order chi connectivity index (χ1) is 16.5. The Kier molecular flexibility index (Phi) is 7.73. The van der Waals surface area contributed by atoms with Crippen molar-refractivity contribution in [3.05, 3.63) is 47.0 Å². The summed E-state index contributed by atoms with van der Waals surface area (Å²) in [6.45, 7) is 5.50. The van der Waals surface area contributed by atoms with Crippen LogP contribution in [0.5, 0.6) is 0 Å². The van der Waals surface area contributed by atoms with E-state index in [4.69, 9.17) is 26.5 Å². The van der Waals surface area contributed by atoms with Gasteiger partial charge in [0.25, 0.3) is 6.47 Å². The molecule has 2 aromatic carbocycles. The first-order valence-corrected chi connectivity index (χ1v) is 12.3.